The second kappa shape index (κ2) is 5.08. The van der Waals surface area contributed by atoms with Gasteiger partial charge in [-0.15, -0.1) is 0 Å². The summed E-state index contributed by atoms with van der Waals surface area (Å²) in [5, 5.41) is 0. The number of amides is 1. The lowest BCUT2D eigenvalue weighted by atomic mass is 10.2. The molecular formula is C13H18N2O2. The van der Waals surface area contributed by atoms with Crippen molar-refractivity contribution in [1.29, 1.82) is 0 Å². The highest BCUT2D eigenvalue weighted by atomic mass is 16.5. The first kappa shape index (κ1) is 11.8. The molecule has 0 atom stereocenters. The van der Waals surface area contributed by atoms with Crippen LogP contribution in [0.3, 0.4) is 0 Å². The molecule has 1 amide bonds. The zero-order valence-electron chi connectivity index (χ0n) is 10.1. The zero-order valence-corrected chi connectivity index (χ0v) is 10.1. The summed E-state index contributed by atoms with van der Waals surface area (Å²) in [6.07, 6.45) is 2.20. The smallest absolute Gasteiger partial charge is 0.260 e. The Morgan fingerprint density at radius 2 is 2.12 bits per heavy atom. The number of ether oxygens (including phenoxy) is 1. The molecule has 0 unspecified atom stereocenters. The number of likely N-dealkylation sites (tertiary alicyclic amines) is 1. The van der Waals surface area contributed by atoms with Crippen LogP contribution < -0.4 is 10.5 Å². The van der Waals surface area contributed by atoms with Crippen LogP contribution in [0.1, 0.15) is 18.4 Å². The van der Waals surface area contributed by atoms with E-state index in [1.807, 2.05) is 30.0 Å². The molecule has 1 fully saturated rings. The molecule has 17 heavy (non-hydrogen) atoms. The van der Waals surface area contributed by atoms with Gasteiger partial charge in [0.1, 0.15) is 5.75 Å². The average molecular weight is 234 g/mol. The third kappa shape index (κ3) is 2.70. The van der Waals surface area contributed by atoms with E-state index in [2.05, 4.69) is 0 Å². The number of nitrogens with zero attached hydrogens (tertiary/aromatic N) is 1. The summed E-state index contributed by atoms with van der Waals surface area (Å²) in [6.45, 7) is 3.71. The predicted molar refractivity (Wildman–Crippen MR) is 66.9 cm³/mol. The van der Waals surface area contributed by atoms with E-state index in [0.29, 0.717) is 11.4 Å². The summed E-state index contributed by atoms with van der Waals surface area (Å²) >= 11 is 0. The molecule has 2 N–H and O–H groups in total. The van der Waals surface area contributed by atoms with Crippen LogP contribution in [-0.4, -0.2) is 30.5 Å². The lowest BCUT2D eigenvalue weighted by Gasteiger charge is -2.16. The van der Waals surface area contributed by atoms with Crippen LogP contribution in [0.5, 0.6) is 5.75 Å². The highest BCUT2D eigenvalue weighted by molar-refractivity contribution is 5.78. The van der Waals surface area contributed by atoms with E-state index in [0.717, 1.165) is 31.5 Å². The first-order valence-electron chi connectivity index (χ1n) is 5.94. The van der Waals surface area contributed by atoms with E-state index in [1.54, 1.807) is 0 Å². The summed E-state index contributed by atoms with van der Waals surface area (Å²) in [5.74, 6) is 0.752. The van der Waals surface area contributed by atoms with Crippen molar-refractivity contribution < 1.29 is 9.53 Å². The number of hydrogen-bond donors (Lipinski definition) is 1. The fourth-order valence-electron chi connectivity index (χ4n) is 1.99. The van der Waals surface area contributed by atoms with Gasteiger partial charge in [-0.25, -0.2) is 0 Å². The Bertz CT molecular complexity index is 412. The fourth-order valence-corrected chi connectivity index (χ4v) is 1.99. The van der Waals surface area contributed by atoms with Crippen LogP contribution in [0.4, 0.5) is 5.69 Å². The third-order valence-electron chi connectivity index (χ3n) is 3.14. The summed E-state index contributed by atoms with van der Waals surface area (Å²) in [7, 11) is 0. The van der Waals surface area contributed by atoms with Crippen LogP contribution in [0.2, 0.25) is 0 Å². The van der Waals surface area contributed by atoms with Crippen molar-refractivity contribution >= 4 is 11.6 Å². The van der Waals surface area contributed by atoms with E-state index in [1.165, 1.54) is 0 Å². The number of rotatable bonds is 3. The van der Waals surface area contributed by atoms with Crippen LogP contribution in [-0.2, 0) is 4.79 Å². The number of nitrogen functional groups attached to an aromatic ring is 1. The summed E-state index contributed by atoms with van der Waals surface area (Å²) < 4.78 is 5.52. The molecule has 0 saturated carbocycles. The summed E-state index contributed by atoms with van der Waals surface area (Å²) in [4.78, 5) is 13.6. The van der Waals surface area contributed by atoms with Crippen LogP contribution in [0.15, 0.2) is 18.2 Å². The van der Waals surface area contributed by atoms with Gasteiger partial charge in [-0.2, -0.15) is 0 Å². The molecule has 0 aromatic heterocycles. The van der Waals surface area contributed by atoms with E-state index >= 15 is 0 Å². The van der Waals surface area contributed by atoms with E-state index < -0.39 is 0 Å². The van der Waals surface area contributed by atoms with Gasteiger partial charge in [-0.1, -0.05) is 6.07 Å². The molecule has 0 radical (unpaired) electrons. The van der Waals surface area contributed by atoms with Gasteiger partial charge in [-0.3, -0.25) is 4.79 Å². The van der Waals surface area contributed by atoms with Gasteiger partial charge in [-0.05, 0) is 31.9 Å². The molecule has 0 bridgehead atoms. The Morgan fingerprint density at radius 3 is 2.82 bits per heavy atom. The van der Waals surface area contributed by atoms with Gasteiger partial charge in [0, 0.05) is 24.3 Å². The largest absolute Gasteiger partial charge is 0.483 e. The molecule has 0 spiro atoms. The Balaban J connectivity index is 1.93. The third-order valence-corrected chi connectivity index (χ3v) is 3.14. The monoisotopic (exact) mass is 234 g/mol. The maximum atomic E-state index is 11.8. The van der Waals surface area contributed by atoms with Crippen molar-refractivity contribution in [1.82, 2.24) is 4.90 Å². The van der Waals surface area contributed by atoms with Crippen molar-refractivity contribution in [3.8, 4) is 5.75 Å². The first-order chi connectivity index (χ1) is 8.18. The Hall–Kier alpha value is -1.71. The lowest BCUT2D eigenvalue weighted by Crippen LogP contribution is -2.32. The number of carbonyl (C=O) groups excluding carboxylic acids is 1. The second-order valence-corrected chi connectivity index (χ2v) is 4.35. The maximum absolute atomic E-state index is 11.8. The van der Waals surface area contributed by atoms with Gasteiger partial charge in [0.2, 0.25) is 0 Å². The molecule has 1 aromatic rings. The quantitative estimate of drug-likeness (QED) is 0.808. The number of anilines is 1. The fraction of sp³-hybridized carbons (Fsp3) is 0.462. The van der Waals surface area contributed by atoms with Gasteiger partial charge >= 0.3 is 0 Å². The van der Waals surface area contributed by atoms with Gasteiger partial charge in [0.25, 0.3) is 5.91 Å². The van der Waals surface area contributed by atoms with E-state index in [9.17, 15) is 4.79 Å². The molecule has 1 aliphatic heterocycles. The molecule has 0 aliphatic carbocycles. The molecule has 1 aliphatic rings. The Kier molecular flexibility index (Phi) is 3.52. The molecule has 1 saturated heterocycles. The number of benzene rings is 1. The maximum Gasteiger partial charge on any atom is 0.260 e. The molecular weight excluding hydrogens is 216 g/mol. The molecule has 4 nitrogen and oxygen atoms in total. The van der Waals surface area contributed by atoms with Crippen molar-refractivity contribution in [2.24, 2.45) is 0 Å². The Morgan fingerprint density at radius 1 is 1.41 bits per heavy atom. The van der Waals surface area contributed by atoms with Crippen molar-refractivity contribution in [2.75, 3.05) is 25.4 Å². The minimum absolute atomic E-state index is 0.0596. The number of carbonyl (C=O) groups is 1. The number of hydrogen-bond acceptors (Lipinski definition) is 3. The van der Waals surface area contributed by atoms with Crippen molar-refractivity contribution in [3.63, 3.8) is 0 Å². The first-order valence-corrected chi connectivity index (χ1v) is 5.94. The minimum atomic E-state index is 0.0596. The van der Waals surface area contributed by atoms with Crippen LogP contribution in [0.25, 0.3) is 0 Å². The van der Waals surface area contributed by atoms with E-state index in [-0.39, 0.29) is 12.5 Å². The highest BCUT2D eigenvalue weighted by Gasteiger charge is 2.18. The summed E-state index contributed by atoms with van der Waals surface area (Å²) in [5.41, 5.74) is 7.36. The Labute approximate surface area is 101 Å². The minimum Gasteiger partial charge on any atom is -0.483 e. The molecule has 2 rings (SSSR count). The molecule has 92 valence electrons. The molecule has 1 heterocycles. The number of nitrogens with two attached hydrogens (primary N) is 1. The van der Waals surface area contributed by atoms with Gasteiger partial charge in [0.15, 0.2) is 6.61 Å². The van der Waals surface area contributed by atoms with Gasteiger partial charge < -0.3 is 15.4 Å². The summed E-state index contributed by atoms with van der Waals surface area (Å²) in [6, 6.07) is 5.49. The van der Waals surface area contributed by atoms with Gasteiger partial charge in [0.05, 0.1) is 0 Å². The predicted octanol–water partition coefficient (Wildman–Crippen LogP) is 1.58. The van der Waals surface area contributed by atoms with Crippen LogP contribution >= 0.6 is 0 Å². The second-order valence-electron chi connectivity index (χ2n) is 4.35. The zero-order chi connectivity index (χ0) is 12.3. The van der Waals surface area contributed by atoms with Crippen LogP contribution in [0, 0.1) is 6.92 Å². The van der Waals surface area contributed by atoms with Crippen molar-refractivity contribution in [2.45, 2.75) is 19.8 Å². The standard InChI is InChI=1S/C13H18N2O2/c1-10-11(14)5-4-6-12(10)17-9-13(16)15-7-2-3-8-15/h4-6H,2-3,7-9,14H2,1H3. The average Bonchev–Trinajstić information content (AvgIpc) is 2.84. The SMILES string of the molecule is Cc1c(N)cccc1OCC(=O)N1CCCC1. The lowest BCUT2D eigenvalue weighted by molar-refractivity contribution is -0.132. The molecule has 4 heteroatoms. The topological polar surface area (TPSA) is 55.6 Å². The van der Waals surface area contributed by atoms with E-state index in [4.69, 9.17) is 10.5 Å². The normalized spacial score (nSPS) is 15.0. The molecule has 1 aromatic carbocycles. The van der Waals surface area contributed by atoms with Crippen molar-refractivity contribution in [3.05, 3.63) is 23.8 Å². The highest BCUT2D eigenvalue weighted by Crippen LogP contribution is 2.22.